The SMILES string of the molecule is CC(=O)c1cnc2c(Br)nn(-c3ccc(F)cc3)c2c1. The lowest BCUT2D eigenvalue weighted by molar-refractivity contribution is 0.101. The van der Waals surface area contributed by atoms with Crippen molar-refractivity contribution in [3.05, 3.63) is 52.5 Å². The molecular weight excluding hydrogens is 325 g/mol. The van der Waals surface area contributed by atoms with E-state index in [1.165, 1.54) is 25.3 Å². The van der Waals surface area contributed by atoms with Gasteiger partial charge in [-0.3, -0.25) is 9.78 Å². The van der Waals surface area contributed by atoms with Gasteiger partial charge in [-0.15, -0.1) is 0 Å². The second-order valence-electron chi connectivity index (χ2n) is 4.33. The molecule has 0 aliphatic heterocycles. The van der Waals surface area contributed by atoms with Gasteiger partial charge in [0.15, 0.2) is 10.4 Å². The number of hydrogen-bond donors (Lipinski definition) is 0. The van der Waals surface area contributed by atoms with Gasteiger partial charge < -0.3 is 0 Å². The maximum atomic E-state index is 13.0. The zero-order valence-electron chi connectivity index (χ0n) is 10.5. The van der Waals surface area contributed by atoms with Crippen LogP contribution in [-0.4, -0.2) is 20.5 Å². The number of fused-ring (bicyclic) bond motifs is 1. The fourth-order valence-corrected chi connectivity index (χ4v) is 2.40. The molecule has 0 amide bonds. The number of pyridine rings is 1. The Kier molecular flexibility index (Phi) is 3.10. The van der Waals surface area contributed by atoms with Gasteiger partial charge in [0.25, 0.3) is 0 Å². The van der Waals surface area contributed by atoms with E-state index < -0.39 is 0 Å². The van der Waals surface area contributed by atoms with E-state index in [0.717, 1.165) is 0 Å². The molecule has 3 rings (SSSR count). The summed E-state index contributed by atoms with van der Waals surface area (Å²) >= 11 is 3.34. The lowest BCUT2D eigenvalue weighted by Gasteiger charge is -2.03. The Morgan fingerprint density at radius 2 is 2.00 bits per heavy atom. The Hall–Kier alpha value is -2.08. The van der Waals surface area contributed by atoms with Crippen molar-refractivity contribution in [3.63, 3.8) is 0 Å². The molecule has 0 spiro atoms. The van der Waals surface area contributed by atoms with Crippen LogP contribution in [0.3, 0.4) is 0 Å². The molecule has 0 radical (unpaired) electrons. The van der Waals surface area contributed by atoms with E-state index >= 15 is 0 Å². The molecule has 0 fully saturated rings. The van der Waals surface area contributed by atoms with E-state index in [1.807, 2.05) is 0 Å². The summed E-state index contributed by atoms with van der Waals surface area (Å²) in [6.07, 6.45) is 1.52. The van der Waals surface area contributed by atoms with E-state index in [0.29, 0.717) is 26.9 Å². The summed E-state index contributed by atoms with van der Waals surface area (Å²) in [5, 5.41) is 4.33. The molecule has 0 bridgehead atoms. The summed E-state index contributed by atoms with van der Waals surface area (Å²) in [6, 6.07) is 7.69. The zero-order valence-corrected chi connectivity index (χ0v) is 12.1. The average molecular weight is 334 g/mol. The van der Waals surface area contributed by atoms with Crippen LogP contribution in [0.25, 0.3) is 16.7 Å². The number of carbonyl (C=O) groups excluding carboxylic acids is 1. The molecule has 2 aromatic heterocycles. The Morgan fingerprint density at radius 3 is 2.65 bits per heavy atom. The van der Waals surface area contributed by atoms with Crippen LogP contribution in [0.4, 0.5) is 4.39 Å². The fraction of sp³-hybridized carbons (Fsp3) is 0.0714. The van der Waals surface area contributed by atoms with Crippen LogP contribution in [0, 0.1) is 5.82 Å². The van der Waals surface area contributed by atoms with Gasteiger partial charge in [0.1, 0.15) is 11.3 Å². The topological polar surface area (TPSA) is 47.8 Å². The van der Waals surface area contributed by atoms with Crippen LogP contribution in [0.15, 0.2) is 41.1 Å². The number of hydrogen-bond acceptors (Lipinski definition) is 3. The largest absolute Gasteiger partial charge is 0.294 e. The molecule has 0 aliphatic rings. The van der Waals surface area contributed by atoms with Crippen molar-refractivity contribution in [1.29, 1.82) is 0 Å². The fourth-order valence-electron chi connectivity index (χ4n) is 1.93. The van der Waals surface area contributed by atoms with Crippen LogP contribution in [-0.2, 0) is 0 Å². The highest BCUT2D eigenvalue weighted by atomic mass is 79.9. The molecule has 0 unspecified atom stereocenters. The first-order chi connectivity index (χ1) is 9.56. The highest BCUT2D eigenvalue weighted by Crippen LogP contribution is 2.25. The average Bonchev–Trinajstić information content (AvgIpc) is 2.76. The zero-order chi connectivity index (χ0) is 14.3. The third-order valence-corrected chi connectivity index (χ3v) is 3.49. The summed E-state index contributed by atoms with van der Waals surface area (Å²) in [5.74, 6) is -0.380. The summed E-state index contributed by atoms with van der Waals surface area (Å²) < 4.78 is 15.2. The van der Waals surface area contributed by atoms with Gasteiger partial charge in [-0.2, -0.15) is 5.10 Å². The molecule has 6 heteroatoms. The van der Waals surface area contributed by atoms with Crippen LogP contribution < -0.4 is 0 Å². The van der Waals surface area contributed by atoms with Crippen LogP contribution in [0.5, 0.6) is 0 Å². The Bertz CT molecular complexity index is 811. The first-order valence-corrected chi connectivity index (χ1v) is 6.67. The van der Waals surface area contributed by atoms with Crippen molar-refractivity contribution < 1.29 is 9.18 Å². The van der Waals surface area contributed by atoms with Crippen molar-refractivity contribution in [1.82, 2.24) is 14.8 Å². The van der Waals surface area contributed by atoms with Gasteiger partial charge in [0.05, 0.1) is 11.2 Å². The quantitative estimate of drug-likeness (QED) is 0.674. The predicted molar refractivity (Wildman–Crippen MR) is 76.5 cm³/mol. The second-order valence-corrected chi connectivity index (χ2v) is 5.08. The molecule has 1 aromatic carbocycles. The van der Waals surface area contributed by atoms with E-state index in [2.05, 4.69) is 26.0 Å². The van der Waals surface area contributed by atoms with Crippen LogP contribution in [0.1, 0.15) is 17.3 Å². The van der Waals surface area contributed by atoms with E-state index in [1.54, 1.807) is 22.9 Å². The molecule has 2 heterocycles. The number of benzene rings is 1. The Balaban J connectivity index is 2.27. The minimum absolute atomic E-state index is 0.0672. The Morgan fingerprint density at radius 1 is 1.30 bits per heavy atom. The third kappa shape index (κ3) is 2.12. The molecule has 0 saturated carbocycles. The van der Waals surface area contributed by atoms with Crippen molar-refractivity contribution >= 4 is 32.7 Å². The maximum Gasteiger partial charge on any atom is 0.161 e. The number of halogens is 2. The van der Waals surface area contributed by atoms with Gasteiger partial charge >= 0.3 is 0 Å². The highest BCUT2D eigenvalue weighted by molar-refractivity contribution is 9.10. The van der Waals surface area contributed by atoms with E-state index in [4.69, 9.17) is 0 Å². The minimum Gasteiger partial charge on any atom is -0.294 e. The number of aromatic nitrogens is 3. The summed E-state index contributed by atoms with van der Waals surface area (Å²) in [4.78, 5) is 15.7. The lowest BCUT2D eigenvalue weighted by atomic mass is 10.2. The van der Waals surface area contributed by atoms with E-state index in [-0.39, 0.29) is 11.6 Å². The smallest absolute Gasteiger partial charge is 0.161 e. The summed E-state index contributed by atoms with van der Waals surface area (Å²) in [6.45, 7) is 1.48. The molecule has 0 saturated heterocycles. The molecule has 20 heavy (non-hydrogen) atoms. The lowest BCUT2D eigenvalue weighted by Crippen LogP contribution is -1.98. The number of ketones is 1. The predicted octanol–water partition coefficient (Wildman–Crippen LogP) is 3.52. The number of rotatable bonds is 2. The van der Waals surface area contributed by atoms with Gasteiger partial charge in [0.2, 0.25) is 0 Å². The third-order valence-electron chi connectivity index (χ3n) is 2.96. The molecular formula is C14H9BrFN3O. The number of nitrogens with zero attached hydrogens (tertiary/aromatic N) is 3. The molecule has 0 aliphatic carbocycles. The van der Waals surface area contributed by atoms with Crippen molar-refractivity contribution in [3.8, 4) is 5.69 Å². The second kappa shape index (κ2) is 4.79. The summed E-state index contributed by atoms with van der Waals surface area (Å²) in [7, 11) is 0. The Labute approximate surface area is 122 Å². The standard InChI is InChI=1S/C14H9BrFN3O/c1-8(20)9-6-12-13(17-7-9)14(15)18-19(12)11-4-2-10(16)3-5-11/h2-7H,1H3. The monoisotopic (exact) mass is 333 g/mol. The van der Waals surface area contributed by atoms with Gasteiger partial charge in [0, 0.05) is 11.8 Å². The first kappa shape index (κ1) is 12.9. The van der Waals surface area contributed by atoms with E-state index in [9.17, 15) is 9.18 Å². The molecule has 3 aromatic rings. The number of Topliss-reactive ketones (excluding diaryl/α,β-unsaturated/α-hetero) is 1. The van der Waals surface area contributed by atoms with Crippen LogP contribution in [0.2, 0.25) is 0 Å². The molecule has 100 valence electrons. The molecule has 4 nitrogen and oxygen atoms in total. The van der Waals surface area contributed by atoms with Crippen molar-refractivity contribution in [2.75, 3.05) is 0 Å². The number of carbonyl (C=O) groups is 1. The molecule has 0 atom stereocenters. The van der Waals surface area contributed by atoms with Gasteiger partial charge in [-0.1, -0.05) is 0 Å². The van der Waals surface area contributed by atoms with Crippen LogP contribution >= 0.6 is 15.9 Å². The summed E-state index contributed by atoms with van der Waals surface area (Å²) in [5.41, 5.74) is 2.55. The van der Waals surface area contributed by atoms with Crippen molar-refractivity contribution in [2.45, 2.75) is 6.92 Å². The van der Waals surface area contributed by atoms with Gasteiger partial charge in [-0.05, 0) is 53.2 Å². The van der Waals surface area contributed by atoms with Gasteiger partial charge in [-0.25, -0.2) is 9.07 Å². The maximum absolute atomic E-state index is 13.0. The highest BCUT2D eigenvalue weighted by Gasteiger charge is 2.13. The minimum atomic E-state index is -0.313. The normalized spacial score (nSPS) is 10.9. The first-order valence-electron chi connectivity index (χ1n) is 5.87. The molecule has 0 N–H and O–H groups in total. The van der Waals surface area contributed by atoms with Crippen molar-refractivity contribution in [2.24, 2.45) is 0 Å².